The van der Waals surface area contributed by atoms with Gasteiger partial charge in [0, 0.05) is 19.2 Å². The largest absolute Gasteiger partial charge is 0.444 e. The Kier molecular flexibility index (Phi) is 5.30. The second-order valence-corrected chi connectivity index (χ2v) is 8.11. The van der Waals surface area contributed by atoms with E-state index in [4.69, 9.17) is 4.74 Å². The van der Waals surface area contributed by atoms with E-state index in [1.54, 1.807) is 32.9 Å². The maximum absolute atomic E-state index is 12.6. The summed E-state index contributed by atoms with van der Waals surface area (Å²) in [4.78, 5) is 28.8. The van der Waals surface area contributed by atoms with Crippen molar-refractivity contribution in [3.8, 4) is 0 Å². The van der Waals surface area contributed by atoms with E-state index in [0.29, 0.717) is 5.56 Å². The average Bonchev–Trinajstić information content (AvgIpc) is 2.77. The number of fused-ring (bicyclic) bond motifs is 1. The molecule has 2 N–H and O–H groups in total. The standard InChI is InChI=1S/C19H28N4O3/c1-12-21-14-10-13(8-9-15(14)23(12)7)16(24)22-19(5,6)11-20-17(25)26-18(2,3)4/h8-10H,11H2,1-7H3,(H,20,25)(H,22,24). The van der Waals surface area contributed by atoms with E-state index >= 15 is 0 Å². The minimum Gasteiger partial charge on any atom is -0.444 e. The summed E-state index contributed by atoms with van der Waals surface area (Å²) in [5.74, 6) is 0.672. The van der Waals surface area contributed by atoms with Crippen LogP contribution in [-0.2, 0) is 11.8 Å². The third-order valence-corrected chi connectivity index (χ3v) is 3.89. The van der Waals surface area contributed by atoms with Crippen LogP contribution in [0.4, 0.5) is 4.79 Å². The monoisotopic (exact) mass is 360 g/mol. The highest BCUT2D eigenvalue weighted by atomic mass is 16.6. The topological polar surface area (TPSA) is 85.2 Å². The highest BCUT2D eigenvalue weighted by molar-refractivity contribution is 5.97. The quantitative estimate of drug-likeness (QED) is 0.878. The van der Waals surface area contributed by atoms with Gasteiger partial charge in [-0.25, -0.2) is 9.78 Å². The Hall–Kier alpha value is -2.57. The van der Waals surface area contributed by atoms with Gasteiger partial charge in [-0.3, -0.25) is 4.79 Å². The van der Waals surface area contributed by atoms with Crippen molar-refractivity contribution in [1.82, 2.24) is 20.2 Å². The van der Waals surface area contributed by atoms with Crippen LogP contribution in [-0.4, -0.2) is 39.2 Å². The lowest BCUT2D eigenvalue weighted by molar-refractivity contribution is 0.0509. The number of amides is 2. The summed E-state index contributed by atoms with van der Waals surface area (Å²) in [6.07, 6.45) is -0.509. The van der Waals surface area contributed by atoms with Crippen molar-refractivity contribution < 1.29 is 14.3 Å². The predicted octanol–water partition coefficient (Wildman–Crippen LogP) is 2.91. The van der Waals surface area contributed by atoms with E-state index in [9.17, 15) is 9.59 Å². The van der Waals surface area contributed by atoms with Gasteiger partial charge >= 0.3 is 6.09 Å². The molecule has 0 spiro atoms. The molecule has 7 heteroatoms. The summed E-state index contributed by atoms with van der Waals surface area (Å²) in [6.45, 7) is 11.3. The Morgan fingerprint density at radius 2 is 1.85 bits per heavy atom. The molecule has 0 bridgehead atoms. The lowest BCUT2D eigenvalue weighted by Crippen LogP contribution is -2.52. The van der Waals surface area contributed by atoms with Gasteiger partial charge in [0.2, 0.25) is 0 Å². The molecule has 2 aromatic rings. The molecule has 142 valence electrons. The third kappa shape index (κ3) is 4.97. The number of imidazole rings is 1. The van der Waals surface area contributed by atoms with Gasteiger partial charge in [-0.05, 0) is 59.7 Å². The molecule has 0 unspecified atom stereocenters. The number of carbonyl (C=O) groups is 2. The highest BCUT2D eigenvalue weighted by Crippen LogP contribution is 2.17. The van der Waals surface area contributed by atoms with Gasteiger partial charge in [-0.1, -0.05) is 0 Å². The molecule has 0 aliphatic rings. The van der Waals surface area contributed by atoms with Crippen molar-refractivity contribution >= 4 is 23.0 Å². The van der Waals surface area contributed by atoms with Gasteiger partial charge in [-0.2, -0.15) is 0 Å². The minimum atomic E-state index is -0.636. The Morgan fingerprint density at radius 3 is 2.46 bits per heavy atom. The maximum Gasteiger partial charge on any atom is 0.407 e. The van der Waals surface area contributed by atoms with E-state index < -0.39 is 17.2 Å². The number of aryl methyl sites for hydroxylation is 2. The Morgan fingerprint density at radius 1 is 1.19 bits per heavy atom. The van der Waals surface area contributed by atoms with Crippen molar-refractivity contribution in [2.24, 2.45) is 7.05 Å². The van der Waals surface area contributed by atoms with E-state index in [-0.39, 0.29) is 12.5 Å². The Balaban J connectivity index is 2.02. The van der Waals surface area contributed by atoms with Gasteiger partial charge in [0.25, 0.3) is 5.91 Å². The molecule has 0 fully saturated rings. The molecule has 0 radical (unpaired) electrons. The molecule has 0 aliphatic heterocycles. The van der Waals surface area contributed by atoms with E-state index in [2.05, 4.69) is 15.6 Å². The zero-order chi connectivity index (χ0) is 19.7. The number of carbonyl (C=O) groups excluding carboxylic acids is 2. The number of hydrogen-bond donors (Lipinski definition) is 2. The lowest BCUT2D eigenvalue weighted by atomic mass is 10.0. The van der Waals surface area contributed by atoms with E-state index in [0.717, 1.165) is 16.9 Å². The first-order valence-electron chi connectivity index (χ1n) is 8.60. The molecule has 7 nitrogen and oxygen atoms in total. The van der Waals surface area contributed by atoms with Crippen LogP contribution in [0.1, 0.15) is 50.8 Å². The molecule has 0 saturated carbocycles. The fourth-order valence-electron chi connectivity index (χ4n) is 2.49. The molecular formula is C19H28N4O3. The number of benzene rings is 1. The molecule has 0 saturated heterocycles. The van der Waals surface area contributed by atoms with Crippen molar-refractivity contribution in [3.63, 3.8) is 0 Å². The second kappa shape index (κ2) is 6.97. The average molecular weight is 360 g/mol. The van der Waals surface area contributed by atoms with Crippen molar-refractivity contribution in [2.45, 2.75) is 52.7 Å². The summed E-state index contributed by atoms with van der Waals surface area (Å²) in [7, 11) is 1.94. The fourth-order valence-corrected chi connectivity index (χ4v) is 2.49. The van der Waals surface area contributed by atoms with Crippen LogP contribution in [0.5, 0.6) is 0 Å². The molecule has 2 amide bonds. The number of nitrogens with one attached hydrogen (secondary N) is 2. The summed E-state index contributed by atoms with van der Waals surface area (Å²) >= 11 is 0. The first-order valence-corrected chi connectivity index (χ1v) is 8.60. The maximum atomic E-state index is 12.6. The number of ether oxygens (including phenoxy) is 1. The van der Waals surface area contributed by atoms with E-state index in [1.165, 1.54) is 0 Å². The first kappa shape index (κ1) is 19.8. The lowest BCUT2D eigenvalue weighted by Gasteiger charge is -2.27. The van der Waals surface area contributed by atoms with Crippen molar-refractivity contribution in [2.75, 3.05) is 6.54 Å². The van der Waals surface area contributed by atoms with Gasteiger partial charge < -0.3 is 19.9 Å². The summed E-state index contributed by atoms with van der Waals surface area (Å²) < 4.78 is 7.19. The molecule has 2 rings (SSSR count). The Labute approximate surface area is 154 Å². The Bertz CT molecular complexity index is 831. The van der Waals surface area contributed by atoms with Crippen LogP contribution in [0.3, 0.4) is 0 Å². The van der Waals surface area contributed by atoms with Crippen LogP contribution >= 0.6 is 0 Å². The van der Waals surface area contributed by atoms with Gasteiger partial charge in [0.15, 0.2) is 0 Å². The summed E-state index contributed by atoms with van der Waals surface area (Å²) in [6, 6.07) is 5.43. The summed E-state index contributed by atoms with van der Waals surface area (Å²) in [5, 5.41) is 5.62. The summed E-state index contributed by atoms with van der Waals surface area (Å²) in [5.41, 5.74) is 1.09. The van der Waals surface area contributed by atoms with Crippen LogP contribution in [0, 0.1) is 6.92 Å². The molecule has 1 aromatic carbocycles. The van der Waals surface area contributed by atoms with Gasteiger partial charge in [-0.15, -0.1) is 0 Å². The second-order valence-electron chi connectivity index (χ2n) is 8.11. The molecular weight excluding hydrogens is 332 g/mol. The number of alkyl carbamates (subject to hydrolysis) is 1. The predicted molar refractivity (Wildman–Crippen MR) is 101 cm³/mol. The first-order chi connectivity index (χ1) is 11.9. The van der Waals surface area contributed by atoms with Crippen LogP contribution in [0.25, 0.3) is 11.0 Å². The number of hydrogen-bond acceptors (Lipinski definition) is 4. The molecule has 1 aromatic heterocycles. The number of nitrogens with zero attached hydrogens (tertiary/aromatic N) is 2. The van der Waals surface area contributed by atoms with Crippen LogP contribution in [0.2, 0.25) is 0 Å². The third-order valence-electron chi connectivity index (χ3n) is 3.89. The highest BCUT2D eigenvalue weighted by Gasteiger charge is 2.24. The number of rotatable bonds is 4. The zero-order valence-electron chi connectivity index (χ0n) is 16.6. The minimum absolute atomic E-state index is 0.216. The molecule has 0 aliphatic carbocycles. The van der Waals surface area contributed by atoms with E-state index in [1.807, 2.05) is 38.5 Å². The molecule has 1 heterocycles. The zero-order valence-corrected chi connectivity index (χ0v) is 16.6. The number of aromatic nitrogens is 2. The van der Waals surface area contributed by atoms with Crippen molar-refractivity contribution in [3.05, 3.63) is 29.6 Å². The van der Waals surface area contributed by atoms with Crippen LogP contribution < -0.4 is 10.6 Å². The fraction of sp³-hybridized carbons (Fsp3) is 0.526. The molecule has 0 atom stereocenters. The normalized spacial score (nSPS) is 12.1. The van der Waals surface area contributed by atoms with Crippen molar-refractivity contribution in [1.29, 1.82) is 0 Å². The van der Waals surface area contributed by atoms with Gasteiger partial charge in [0.05, 0.1) is 16.6 Å². The smallest absolute Gasteiger partial charge is 0.407 e. The van der Waals surface area contributed by atoms with Crippen LogP contribution in [0.15, 0.2) is 18.2 Å². The molecule has 26 heavy (non-hydrogen) atoms. The van der Waals surface area contributed by atoms with Gasteiger partial charge in [0.1, 0.15) is 11.4 Å². The SMILES string of the molecule is Cc1nc2cc(C(=O)NC(C)(C)CNC(=O)OC(C)(C)C)ccc2n1C.